The summed E-state index contributed by atoms with van der Waals surface area (Å²) in [4.78, 5) is 23.2. The van der Waals surface area contributed by atoms with Crippen molar-refractivity contribution in [2.24, 2.45) is 0 Å². The van der Waals surface area contributed by atoms with Gasteiger partial charge in [-0.25, -0.2) is 9.59 Å². The number of hydrogen-bond donors (Lipinski definition) is 1. The van der Waals surface area contributed by atoms with Gasteiger partial charge >= 0.3 is 12.1 Å². The van der Waals surface area contributed by atoms with E-state index in [2.05, 4.69) is 5.32 Å². The first-order valence-corrected chi connectivity index (χ1v) is 6.50. The number of carbonyl (C=O) groups is 2. The van der Waals surface area contributed by atoms with Crippen LogP contribution in [0.25, 0.3) is 0 Å². The number of para-hydroxylation sites is 1. The van der Waals surface area contributed by atoms with Gasteiger partial charge in [-0.3, -0.25) is 5.32 Å². The van der Waals surface area contributed by atoms with Gasteiger partial charge in [-0.2, -0.15) is 0 Å². The predicted molar refractivity (Wildman–Crippen MR) is 78.5 cm³/mol. The Morgan fingerprint density at radius 2 is 1.67 bits per heavy atom. The van der Waals surface area contributed by atoms with Crippen LogP contribution in [0.15, 0.2) is 54.6 Å². The number of nitrogens with one attached hydrogen (secondary N) is 1. The zero-order valence-electron chi connectivity index (χ0n) is 11.5. The maximum atomic E-state index is 11.7. The second kappa shape index (κ2) is 7.09. The Kier molecular flexibility index (Phi) is 4.93. The molecule has 0 aliphatic heterocycles. The molecule has 21 heavy (non-hydrogen) atoms. The highest BCUT2D eigenvalue weighted by molar-refractivity contribution is 5.90. The molecule has 0 saturated heterocycles. The summed E-state index contributed by atoms with van der Waals surface area (Å²) in [5.41, 5.74) is 1.05. The van der Waals surface area contributed by atoms with E-state index < -0.39 is 12.1 Å². The summed E-state index contributed by atoms with van der Waals surface area (Å²) in [6.45, 7) is 2.06. The number of hydrogen-bond acceptors (Lipinski definition) is 4. The van der Waals surface area contributed by atoms with E-state index in [1.807, 2.05) is 18.2 Å². The molecule has 0 bridgehead atoms. The van der Waals surface area contributed by atoms with Gasteiger partial charge in [0.2, 0.25) is 0 Å². The van der Waals surface area contributed by atoms with Crippen molar-refractivity contribution in [2.75, 3.05) is 11.9 Å². The maximum Gasteiger partial charge on any atom is 0.417 e. The fraction of sp³-hybridized carbons (Fsp3) is 0.125. The van der Waals surface area contributed by atoms with Gasteiger partial charge in [0.15, 0.2) is 0 Å². The SMILES string of the molecule is CCOC(=O)c1ccc(OC(=O)Nc2ccccc2)cc1. The van der Waals surface area contributed by atoms with Crippen LogP contribution in [0.5, 0.6) is 5.75 Å². The number of rotatable bonds is 4. The van der Waals surface area contributed by atoms with Crippen LogP contribution < -0.4 is 10.1 Å². The zero-order valence-corrected chi connectivity index (χ0v) is 11.5. The Labute approximate surface area is 122 Å². The van der Waals surface area contributed by atoms with Gasteiger partial charge < -0.3 is 9.47 Å². The van der Waals surface area contributed by atoms with Crippen LogP contribution >= 0.6 is 0 Å². The van der Waals surface area contributed by atoms with E-state index in [4.69, 9.17) is 9.47 Å². The first-order chi connectivity index (χ1) is 10.2. The van der Waals surface area contributed by atoms with Crippen molar-refractivity contribution in [3.05, 3.63) is 60.2 Å². The molecule has 0 radical (unpaired) electrons. The van der Waals surface area contributed by atoms with Gasteiger partial charge in [0.25, 0.3) is 0 Å². The fourth-order valence-corrected chi connectivity index (χ4v) is 1.65. The van der Waals surface area contributed by atoms with Crippen LogP contribution in [0.4, 0.5) is 10.5 Å². The number of amides is 1. The quantitative estimate of drug-likeness (QED) is 0.873. The molecule has 0 saturated carbocycles. The normalized spacial score (nSPS) is 9.76. The molecule has 0 atom stereocenters. The molecule has 5 heteroatoms. The summed E-state index contributed by atoms with van der Waals surface area (Å²) in [6, 6.07) is 15.1. The van der Waals surface area contributed by atoms with Crippen molar-refractivity contribution in [3.8, 4) is 5.75 Å². The maximum absolute atomic E-state index is 11.7. The minimum atomic E-state index is -0.593. The van der Waals surface area contributed by atoms with Crippen LogP contribution in [0.2, 0.25) is 0 Å². The molecule has 0 aliphatic carbocycles. The highest BCUT2D eigenvalue weighted by Gasteiger charge is 2.08. The van der Waals surface area contributed by atoms with Crippen molar-refractivity contribution >= 4 is 17.7 Å². The smallest absolute Gasteiger partial charge is 0.417 e. The standard InChI is InChI=1S/C16H15NO4/c1-2-20-15(18)12-8-10-14(11-9-12)21-16(19)17-13-6-4-3-5-7-13/h3-11H,2H2,1H3,(H,17,19). The highest BCUT2D eigenvalue weighted by Crippen LogP contribution is 2.14. The van der Waals surface area contributed by atoms with Gasteiger partial charge in [0.1, 0.15) is 5.75 Å². The van der Waals surface area contributed by atoms with Crippen LogP contribution in [0, 0.1) is 0 Å². The number of ether oxygens (including phenoxy) is 2. The van der Waals surface area contributed by atoms with Crippen LogP contribution in [0.3, 0.4) is 0 Å². The molecule has 0 spiro atoms. The van der Waals surface area contributed by atoms with E-state index in [0.29, 0.717) is 23.6 Å². The van der Waals surface area contributed by atoms with Gasteiger partial charge in [0, 0.05) is 5.69 Å². The molecule has 2 rings (SSSR count). The van der Waals surface area contributed by atoms with E-state index in [0.717, 1.165) is 0 Å². The third-order valence-electron chi connectivity index (χ3n) is 2.60. The van der Waals surface area contributed by atoms with Crippen molar-refractivity contribution in [3.63, 3.8) is 0 Å². The lowest BCUT2D eigenvalue weighted by Gasteiger charge is -2.07. The Hall–Kier alpha value is -2.82. The summed E-state index contributed by atoms with van der Waals surface area (Å²) in [5.74, 6) is -0.0609. The molecule has 0 aliphatic rings. The number of benzene rings is 2. The van der Waals surface area contributed by atoms with Gasteiger partial charge in [-0.1, -0.05) is 18.2 Å². The molecule has 2 aromatic rings. The van der Waals surface area contributed by atoms with Crippen molar-refractivity contribution in [2.45, 2.75) is 6.92 Å². The molecular weight excluding hydrogens is 270 g/mol. The van der Waals surface area contributed by atoms with E-state index in [9.17, 15) is 9.59 Å². The molecule has 1 N–H and O–H groups in total. The lowest BCUT2D eigenvalue weighted by atomic mass is 10.2. The molecule has 5 nitrogen and oxygen atoms in total. The average molecular weight is 285 g/mol. The zero-order chi connectivity index (χ0) is 15.1. The number of anilines is 1. The second-order valence-corrected chi connectivity index (χ2v) is 4.13. The molecular formula is C16H15NO4. The predicted octanol–water partition coefficient (Wildman–Crippen LogP) is 3.47. The largest absolute Gasteiger partial charge is 0.462 e. The number of carbonyl (C=O) groups excluding carboxylic acids is 2. The lowest BCUT2D eigenvalue weighted by molar-refractivity contribution is 0.0526. The van der Waals surface area contributed by atoms with Crippen molar-refractivity contribution in [1.82, 2.24) is 0 Å². The molecule has 0 aromatic heterocycles. The third kappa shape index (κ3) is 4.35. The summed E-state index contributed by atoms with van der Waals surface area (Å²) in [5, 5.41) is 2.60. The second-order valence-electron chi connectivity index (χ2n) is 4.13. The van der Waals surface area contributed by atoms with Crippen molar-refractivity contribution in [1.29, 1.82) is 0 Å². The molecule has 108 valence electrons. The van der Waals surface area contributed by atoms with Crippen LogP contribution in [-0.4, -0.2) is 18.7 Å². The van der Waals surface area contributed by atoms with Crippen molar-refractivity contribution < 1.29 is 19.1 Å². The van der Waals surface area contributed by atoms with E-state index in [1.165, 1.54) is 12.1 Å². The molecule has 0 heterocycles. The monoisotopic (exact) mass is 285 g/mol. The Morgan fingerprint density at radius 3 is 2.29 bits per heavy atom. The van der Waals surface area contributed by atoms with E-state index in [1.54, 1.807) is 31.2 Å². The summed E-state index contributed by atoms with van der Waals surface area (Å²) in [6.07, 6.45) is -0.593. The Morgan fingerprint density at radius 1 is 1.00 bits per heavy atom. The first-order valence-electron chi connectivity index (χ1n) is 6.50. The highest BCUT2D eigenvalue weighted by atomic mass is 16.6. The fourth-order valence-electron chi connectivity index (χ4n) is 1.65. The van der Waals surface area contributed by atoms with E-state index >= 15 is 0 Å². The van der Waals surface area contributed by atoms with E-state index in [-0.39, 0.29) is 0 Å². The van der Waals surface area contributed by atoms with Gasteiger partial charge in [-0.15, -0.1) is 0 Å². The average Bonchev–Trinajstić information content (AvgIpc) is 2.49. The topological polar surface area (TPSA) is 64.6 Å². The lowest BCUT2D eigenvalue weighted by Crippen LogP contribution is -2.16. The minimum Gasteiger partial charge on any atom is -0.462 e. The first kappa shape index (κ1) is 14.6. The summed E-state index contributed by atoms with van der Waals surface area (Å²) < 4.78 is 9.98. The molecule has 0 unspecified atom stereocenters. The Balaban J connectivity index is 1.94. The van der Waals surface area contributed by atoms with Gasteiger partial charge in [0.05, 0.1) is 12.2 Å². The minimum absolute atomic E-state index is 0.316. The van der Waals surface area contributed by atoms with Crippen LogP contribution in [0.1, 0.15) is 17.3 Å². The third-order valence-corrected chi connectivity index (χ3v) is 2.60. The molecule has 0 fully saturated rings. The van der Waals surface area contributed by atoms with Gasteiger partial charge in [-0.05, 0) is 43.3 Å². The molecule has 1 amide bonds. The number of esters is 1. The Bertz CT molecular complexity index is 608. The summed E-state index contributed by atoms with van der Waals surface area (Å²) in [7, 11) is 0. The molecule has 2 aromatic carbocycles. The summed E-state index contributed by atoms with van der Waals surface area (Å²) >= 11 is 0. The van der Waals surface area contributed by atoms with Crippen LogP contribution in [-0.2, 0) is 4.74 Å².